The number of alkyl halides is 1. The molecule has 0 fully saturated rings. The van der Waals surface area contributed by atoms with Gasteiger partial charge < -0.3 is 4.74 Å². The number of hydrogen-bond acceptors (Lipinski definition) is 3. The second-order valence-corrected chi connectivity index (χ2v) is 1.93. The van der Waals surface area contributed by atoms with Crippen molar-refractivity contribution in [2.24, 2.45) is 0 Å². The monoisotopic (exact) mass is 180 g/mol. The van der Waals surface area contributed by atoms with Gasteiger partial charge in [0.25, 0.3) is 11.8 Å². The quantitative estimate of drug-likeness (QED) is 0.433. The maximum Gasteiger partial charge on any atom is 0.264 e. The van der Waals surface area contributed by atoms with Crippen molar-refractivity contribution in [3.05, 3.63) is 0 Å². The fraction of sp³-hybridized carbons (Fsp3) is 0.600. The van der Waals surface area contributed by atoms with Gasteiger partial charge in [-0.15, -0.1) is 11.6 Å². The Morgan fingerprint density at radius 2 is 1.91 bits per heavy atom. The Morgan fingerprint density at radius 1 is 1.36 bits per heavy atom. The van der Waals surface area contributed by atoms with Crippen LogP contribution < -0.4 is 10.9 Å². The fourth-order valence-electron chi connectivity index (χ4n) is 0.340. The maximum atomic E-state index is 10.6. The summed E-state index contributed by atoms with van der Waals surface area (Å²) in [5.74, 6) is -1.07. The van der Waals surface area contributed by atoms with Crippen LogP contribution in [0.4, 0.5) is 0 Å². The highest BCUT2D eigenvalue weighted by molar-refractivity contribution is 6.27. The largest absolute Gasteiger partial charge is 0.375 e. The Bertz CT molecular complexity index is 151. The Kier molecular flexibility index (Phi) is 5.50. The van der Waals surface area contributed by atoms with Gasteiger partial charge in [-0.3, -0.25) is 20.4 Å². The van der Waals surface area contributed by atoms with Crippen molar-refractivity contribution in [2.75, 3.05) is 19.6 Å². The molecule has 2 amide bonds. The van der Waals surface area contributed by atoms with E-state index in [4.69, 9.17) is 11.6 Å². The standard InChI is InChI=1S/C5H9ClN2O3/c1-11-3-5(10)8-7-4(9)2-6/h2-3H2,1H3,(H,7,9)(H,8,10). The van der Waals surface area contributed by atoms with E-state index in [9.17, 15) is 9.59 Å². The van der Waals surface area contributed by atoms with E-state index in [0.717, 1.165) is 0 Å². The molecule has 0 aliphatic carbocycles. The Labute approximate surface area is 69.0 Å². The number of ether oxygens (including phenoxy) is 1. The van der Waals surface area contributed by atoms with Crippen molar-refractivity contribution in [3.63, 3.8) is 0 Å². The van der Waals surface area contributed by atoms with Gasteiger partial charge in [0.1, 0.15) is 12.5 Å². The smallest absolute Gasteiger partial charge is 0.264 e. The van der Waals surface area contributed by atoms with Crippen LogP contribution in [0.25, 0.3) is 0 Å². The molecule has 0 bridgehead atoms. The summed E-state index contributed by atoms with van der Waals surface area (Å²) in [7, 11) is 1.38. The van der Waals surface area contributed by atoms with Crippen LogP contribution >= 0.6 is 11.6 Å². The summed E-state index contributed by atoms with van der Waals surface area (Å²) >= 11 is 5.12. The van der Waals surface area contributed by atoms with E-state index in [2.05, 4.69) is 15.6 Å². The number of carbonyl (C=O) groups is 2. The molecule has 0 rings (SSSR count). The number of rotatable bonds is 3. The average molecular weight is 181 g/mol. The minimum Gasteiger partial charge on any atom is -0.375 e. The molecule has 0 unspecified atom stereocenters. The molecule has 0 aromatic carbocycles. The van der Waals surface area contributed by atoms with Crippen molar-refractivity contribution < 1.29 is 14.3 Å². The van der Waals surface area contributed by atoms with Crippen LogP contribution in [0.5, 0.6) is 0 Å². The van der Waals surface area contributed by atoms with Gasteiger partial charge in [0, 0.05) is 7.11 Å². The lowest BCUT2D eigenvalue weighted by Gasteiger charge is -2.03. The molecule has 0 saturated heterocycles. The van der Waals surface area contributed by atoms with Gasteiger partial charge in [0.2, 0.25) is 0 Å². The molecule has 0 saturated carbocycles. The number of carbonyl (C=O) groups excluding carboxylic acids is 2. The minimum absolute atomic E-state index is 0.0947. The number of amides is 2. The molecule has 0 aromatic heterocycles. The highest BCUT2D eigenvalue weighted by Crippen LogP contribution is 1.71. The Balaban J connectivity index is 3.38. The molecular formula is C5H9ClN2O3. The third-order valence-electron chi connectivity index (χ3n) is 0.738. The molecule has 2 N–H and O–H groups in total. The summed E-state index contributed by atoms with van der Waals surface area (Å²) in [5, 5.41) is 0. The zero-order valence-electron chi connectivity index (χ0n) is 6.02. The lowest BCUT2D eigenvalue weighted by atomic mass is 10.7. The van der Waals surface area contributed by atoms with E-state index < -0.39 is 11.8 Å². The van der Waals surface area contributed by atoms with Crippen molar-refractivity contribution in [1.29, 1.82) is 0 Å². The van der Waals surface area contributed by atoms with Gasteiger partial charge in [-0.25, -0.2) is 0 Å². The van der Waals surface area contributed by atoms with E-state index in [1.807, 2.05) is 0 Å². The molecule has 0 heterocycles. The lowest BCUT2D eigenvalue weighted by molar-refractivity contribution is -0.130. The van der Waals surface area contributed by atoms with Crippen LogP contribution in [0.2, 0.25) is 0 Å². The molecule has 0 radical (unpaired) electrons. The molecule has 6 heteroatoms. The molecule has 0 aromatic rings. The van der Waals surface area contributed by atoms with E-state index in [0.29, 0.717) is 0 Å². The fourth-order valence-corrected chi connectivity index (χ4v) is 0.407. The number of nitrogens with one attached hydrogen (secondary N) is 2. The summed E-state index contributed by atoms with van der Waals surface area (Å²) < 4.78 is 4.47. The highest BCUT2D eigenvalue weighted by Gasteiger charge is 2.00. The summed E-state index contributed by atoms with van der Waals surface area (Å²) in [6.07, 6.45) is 0. The third kappa shape index (κ3) is 5.63. The summed E-state index contributed by atoms with van der Waals surface area (Å²) in [4.78, 5) is 21.0. The summed E-state index contributed by atoms with van der Waals surface area (Å²) in [6.45, 7) is -0.0947. The van der Waals surface area contributed by atoms with E-state index >= 15 is 0 Å². The average Bonchev–Trinajstić information content (AvgIpc) is 2.01. The molecule has 0 atom stereocenters. The first-order chi connectivity index (χ1) is 5.20. The van der Waals surface area contributed by atoms with E-state index in [1.165, 1.54) is 7.11 Å². The molecule has 5 nitrogen and oxygen atoms in total. The van der Waals surface area contributed by atoms with Crippen LogP contribution in [0.15, 0.2) is 0 Å². The topological polar surface area (TPSA) is 67.4 Å². The van der Waals surface area contributed by atoms with Crippen molar-refractivity contribution in [2.45, 2.75) is 0 Å². The SMILES string of the molecule is COCC(=O)NNC(=O)CCl. The summed E-state index contributed by atoms with van der Waals surface area (Å²) in [5.41, 5.74) is 4.15. The number of hydrogen-bond donors (Lipinski definition) is 2. The van der Waals surface area contributed by atoms with Crippen molar-refractivity contribution >= 4 is 23.4 Å². The van der Waals surface area contributed by atoms with Crippen molar-refractivity contribution in [3.8, 4) is 0 Å². The van der Waals surface area contributed by atoms with E-state index in [1.54, 1.807) is 0 Å². The minimum atomic E-state index is -0.462. The first kappa shape index (κ1) is 10.2. The van der Waals surface area contributed by atoms with Gasteiger partial charge in [-0.1, -0.05) is 0 Å². The lowest BCUT2D eigenvalue weighted by Crippen LogP contribution is -2.43. The van der Waals surface area contributed by atoms with Gasteiger partial charge in [-0.2, -0.15) is 0 Å². The van der Waals surface area contributed by atoms with Crippen molar-refractivity contribution in [1.82, 2.24) is 10.9 Å². The molecule has 0 aliphatic rings. The van der Waals surface area contributed by atoms with Gasteiger partial charge >= 0.3 is 0 Å². The normalized spacial score (nSPS) is 8.91. The maximum absolute atomic E-state index is 10.6. The van der Waals surface area contributed by atoms with Crippen LogP contribution in [0, 0.1) is 0 Å². The number of hydrazine groups is 1. The second kappa shape index (κ2) is 5.94. The van der Waals surface area contributed by atoms with Crippen LogP contribution in [-0.2, 0) is 14.3 Å². The van der Waals surface area contributed by atoms with Crippen LogP contribution in [0.3, 0.4) is 0 Å². The van der Waals surface area contributed by atoms with Crippen LogP contribution in [-0.4, -0.2) is 31.4 Å². The van der Waals surface area contributed by atoms with Gasteiger partial charge in [-0.05, 0) is 0 Å². The first-order valence-corrected chi connectivity index (χ1v) is 3.36. The van der Waals surface area contributed by atoms with Gasteiger partial charge in [0.15, 0.2) is 0 Å². The molecular weight excluding hydrogens is 172 g/mol. The second-order valence-electron chi connectivity index (χ2n) is 1.66. The summed E-state index contributed by atoms with van der Waals surface area (Å²) in [6, 6.07) is 0. The molecule has 64 valence electrons. The Hall–Kier alpha value is -0.810. The van der Waals surface area contributed by atoms with E-state index in [-0.39, 0.29) is 12.5 Å². The molecule has 0 aliphatic heterocycles. The number of halogens is 1. The zero-order chi connectivity index (χ0) is 8.69. The predicted octanol–water partition coefficient (Wildman–Crippen LogP) is -0.981. The predicted molar refractivity (Wildman–Crippen MR) is 38.9 cm³/mol. The van der Waals surface area contributed by atoms with Gasteiger partial charge in [0.05, 0.1) is 0 Å². The Morgan fingerprint density at radius 3 is 2.36 bits per heavy atom. The first-order valence-electron chi connectivity index (χ1n) is 2.83. The zero-order valence-corrected chi connectivity index (χ0v) is 6.77. The molecule has 11 heavy (non-hydrogen) atoms. The van der Waals surface area contributed by atoms with Crippen LogP contribution in [0.1, 0.15) is 0 Å². The number of methoxy groups -OCH3 is 1. The third-order valence-corrected chi connectivity index (χ3v) is 0.981. The molecule has 0 spiro atoms. The highest BCUT2D eigenvalue weighted by atomic mass is 35.5.